The first-order valence-corrected chi connectivity index (χ1v) is 42.6. The Morgan fingerprint density at radius 1 is 0.381 bits per heavy atom. The summed E-state index contributed by atoms with van der Waals surface area (Å²) in [6.07, 6.45) is -28.1. The maximum absolute atomic E-state index is 14.7. The van der Waals surface area contributed by atoms with E-state index in [0.717, 1.165) is 27.8 Å². The molecule has 7 heterocycles. The van der Waals surface area contributed by atoms with Gasteiger partial charge in [-0.25, -0.2) is 4.79 Å². The van der Waals surface area contributed by atoms with Crippen LogP contribution in [0.15, 0.2) is 272 Å². The number of hydrogen-bond acceptors (Lipinski definition) is 26. The van der Waals surface area contributed by atoms with E-state index in [4.69, 9.17) is 99.5 Å². The Balaban J connectivity index is 0.787. The van der Waals surface area contributed by atoms with Crippen molar-refractivity contribution in [3.05, 3.63) is 333 Å². The molecule has 16 rings (SSSR count). The van der Waals surface area contributed by atoms with Gasteiger partial charge in [-0.3, -0.25) is 9.59 Å². The van der Waals surface area contributed by atoms with Gasteiger partial charge in [0.25, 0.3) is 0 Å². The highest BCUT2D eigenvalue weighted by atomic mass is 16.8. The molecular formula is C98H103N3O25. The number of azide groups is 1. The zero-order chi connectivity index (χ0) is 86.7. The van der Waals surface area contributed by atoms with Gasteiger partial charge in [0.15, 0.2) is 56.2 Å². The molecule has 7 aliphatic rings. The average Bonchev–Trinajstić information content (AvgIpc) is 0.745. The summed E-state index contributed by atoms with van der Waals surface area (Å²) in [5, 5.41) is 4.54. The Kier molecular flexibility index (Phi) is 30.4. The lowest BCUT2D eigenvalue weighted by molar-refractivity contribution is -0.423. The van der Waals surface area contributed by atoms with Gasteiger partial charge in [0.1, 0.15) is 97.8 Å². The number of rotatable bonds is 34. The van der Waals surface area contributed by atoms with Gasteiger partial charge < -0.3 is 104 Å². The van der Waals surface area contributed by atoms with Crippen LogP contribution in [-0.2, 0) is 153 Å². The molecule has 23 atom stereocenters. The van der Waals surface area contributed by atoms with Crippen LogP contribution in [0.3, 0.4) is 0 Å². The highest BCUT2D eigenvalue weighted by Gasteiger charge is 2.61. The molecule has 0 spiro atoms. The summed E-state index contributed by atoms with van der Waals surface area (Å²) >= 11 is 0. The van der Waals surface area contributed by atoms with E-state index in [2.05, 4.69) is 10.0 Å². The van der Waals surface area contributed by atoms with E-state index in [0.29, 0.717) is 22.3 Å². The Labute approximate surface area is 730 Å². The van der Waals surface area contributed by atoms with Crippen molar-refractivity contribution in [3.8, 4) is 0 Å². The zero-order valence-electron chi connectivity index (χ0n) is 70.2. The molecule has 0 radical (unpaired) electrons. The maximum atomic E-state index is 14.7. The first-order valence-electron chi connectivity index (χ1n) is 42.6. The monoisotopic (exact) mass is 1720 g/mol. The normalized spacial score (nSPS) is 29.4. The van der Waals surface area contributed by atoms with Crippen LogP contribution in [0.4, 0.5) is 0 Å². The molecule has 28 heteroatoms. The molecule has 7 fully saturated rings. The van der Waals surface area contributed by atoms with Crippen LogP contribution in [0.2, 0.25) is 0 Å². The summed E-state index contributed by atoms with van der Waals surface area (Å²) in [5.74, 6) is -2.26. The maximum Gasteiger partial charge on any atom is 0.338 e. The van der Waals surface area contributed by atoms with Gasteiger partial charge in [0.2, 0.25) is 0 Å². The van der Waals surface area contributed by atoms with Crippen molar-refractivity contribution in [2.24, 2.45) is 10.5 Å². The Morgan fingerprint density at radius 2 is 0.770 bits per heavy atom. The molecule has 28 nitrogen and oxygen atoms in total. The molecule has 0 N–H and O–H groups in total. The topological polar surface area (TPSA) is 311 Å². The number of Topliss-reactive ketones (excluding diaryl/α,β-unsaturated/α-hetero) is 1. The minimum Gasteiger partial charge on any atom is -0.457 e. The van der Waals surface area contributed by atoms with Crippen LogP contribution in [0.25, 0.3) is 10.4 Å². The summed E-state index contributed by atoms with van der Waals surface area (Å²) in [7, 11) is 0. The van der Waals surface area contributed by atoms with E-state index < -0.39 is 172 Å². The number of ketones is 1. The van der Waals surface area contributed by atoms with Crippen molar-refractivity contribution >= 4 is 23.7 Å². The third kappa shape index (κ3) is 22.6. The van der Waals surface area contributed by atoms with Crippen molar-refractivity contribution in [1.29, 1.82) is 0 Å². The Bertz CT molecular complexity index is 4990. The van der Waals surface area contributed by atoms with Crippen molar-refractivity contribution < 1.29 is 119 Å². The first-order chi connectivity index (χ1) is 61.6. The average molecular weight is 1720 g/mol. The number of ether oxygens (including phenoxy) is 21. The third-order valence-electron chi connectivity index (χ3n) is 22.7. The summed E-state index contributed by atoms with van der Waals surface area (Å²) < 4.78 is 146. The van der Waals surface area contributed by atoms with E-state index in [1.807, 2.05) is 243 Å². The summed E-state index contributed by atoms with van der Waals surface area (Å²) in [6, 6.07) is 80.4. The van der Waals surface area contributed by atoms with Gasteiger partial charge in [-0.2, -0.15) is 0 Å². The Morgan fingerprint density at radius 3 is 1.23 bits per heavy atom. The molecule has 0 bridgehead atoms. The number of fused-ring (bicyclic) bond motifs is 3. The smallest absolute Gasteiger partial charge is 0.338 e. The first kappa shape index (κ1) is 89.1. The second-order valence-corrected chi connectivity index (χ2v) is 32.8. The summed E-state index contributed by atoms with van der Waals surface area (Å²) in [5.41, 5.74) is 16.6. The third-order valence-corrected chi connectivity index (χ3v) is 22.7. The van der Waals surface area contributed by atoms with E-state index in [1.54, 1.807) is 45.0 Å². The van der Waals surface area contributed by atoms with Crippen molar-refractivity contribution in [3.63, 3.8) is 0 Å². The highest BCUT2D eigenvalue weighted by Crippen LogP contribution is 2.46. The molecule has 0 saturated carbocycles. The molecule has 0 amide bonds. The van der Waals surface area contributed by atoms with Crippen LogP contribution in [-0.4, -0.2) is 173 Å². The van der Waals surface area contributed by atoms with Crippen molar-refractivity contribution in [2.75, 3.05) is 26.4 Å². The lowest BCUT2D eigenvalue weighted by Gasteiger charge is -2.54. The van der Waals surface area contributed by atoms with Gasteiger partial charge in [-0.1, -0.05) is 266 Å². The quantitative estimate of drug-likeness (QED) is 0.0119. The van der Waals surface area contributed by atoms with Crippen LogP contribution >= 0.6 is 0 Å². The van der Waals surface area contributed by atoms with Crippen LogP contribution in [0.1, 0.15) is 120 Å². The number of carbonyl (C=O) groups excluding carboxylic acids is 4. The minimum absolute atomic E-state index is 0.00000356. The zero-order valence-corrected chi connectivity index (χ0v) is 70.2. The number of hydrogen-bond donors (Lipinski definition) is 0. The minimum atomic E-state index is -1.67. The lowest BCUT2D eigenvalue weighted by atomic mass is 9.93. The molecule has 9 aromatic carbocycles. The molecule has 126 heavy (non-hydrogen) atoms. The van der Waals surface area contributed by atoms with Gasteiger partial charge in [-0.05, 0) is 72.7 Å². The highest BCUT2D eigenvalue weighted by molar-refractivity contribution is 5.91. The molecule has 660 valence electrons. The van der Waals surface area contributed by atoms with Crippen LogP contribution < -0.4 is 0 Å². The molecule has 7 aliphatic heterocycles. The van der Waals surface area contributed by atoms with Crippen molar-refractivity contribution in [1.82, 2.24) is 0 Å². The van der Waals surface area contributed by atoms with Gasteiger partial charge in [0, 0.05) is 28.0 Å². The molecule has 0 aliphatic carbocycles. The van der Waals surface area contributed by atoms with Gasteiger partial charge >= 0.3 is 17.9 Å². The van der Waals surface area contributed by atoms with Gasteiger partial charge in [-0.15, -0.1) is 0 Å². The fourth-order valence-electron chi connectivity index (χ4n) is 16.2. The molecule has 7 saturated heterocycles. The summed E-state index contributed by atoms with van der Waals surface area (Å²) in [4.78, 5) is 59.7. The van der Waals surface area contributed by atoms with E-state index in [1.165, 1.54) is 6.92 Å². The second-order valence-electron chi connectivity index (χ2n) is 32.8. The van der Waals surface area contributed by atoms with Gasteiger partial charge in [0.05, 0.1) is 76.9 Å². The molecular weight excluding hydrogens is 1620 g/mol. The largest absolute Gasteiger partial charge is 0.457 e. The standard InChI is InChI=1S/C98H103N3O25/c1-61(102)49-50-76(103)120-87-84(108-53-64-35-17-7-18-36-64)80-74(59-113-91(122-80)68-43-25-11-26-44-68)118-95(87)125-88-85(109-54-65-37-19-8-20-38-65)81-75(60-114-92(123-81)69-45-27-12-28-46-69)119-96(88)124-82-77(100-101-99)93(116-73-58-112-90(121-79(73)82)67-41-23-10-24-42-67)115-57-72-78(106-51-62-31-13-5-14-32-62)83(107-52-63-33-15-6-16-34-63)86(126-97(105)98(2,3)4)94(117-72)111-56-70-47-29-30-48-71(70)89(104)110-55-66-39-21-9-22-40-66/h5-48,72-75,77-88,90-96H,49-60H2,1-4H3/t72-,73-,74-,75-,77-,78-,79-,80-,81-,82-,83+,84+,85+,86+,87+,88+,90?,91?,92?,93+,94+,95-,96+/m1/s1. The number of carbonyl (C=O) groups is 4. The van der Waals surface area contributed by atoms with Crippen LogP contribution in [0, 0.1) is 5.41 Å². The van der Waals surface area contributed by atoms with E-state index in [9.17, 15) is 24.7 Å². The number of esters is 3. The Hall–Kier alpha value is -10.4. The number of benzene rings is 9. The second kappa shape index (κ2) is 43.0. The van der Waals surface area contributed by atoms with Crippen LogP contribution in [0.5, 0.6) is 0 Å². The fraction of sp³-hybridized carbons (Fsp3) is 0.408. The predicted octanol–water partition coefficient (Wildman–Crippen LogP) is 14.8. The van der Waals surface area contributed by atoms with Crippen molar-refractivity contribution in [2.45, 2.75) is 222 Å². The fourth-order valence-corrected chi connectivity index (χ4v) is 16.2. The molecule has 9 aromatic rings. The van der Waals surface area contributed by atoms with E-state index >= 15 is 0 Å². The molecule has 3 unspecified atom stereocenters. The SMILES string of the molecule is CC(=O)CCC(=O)O[C@@H]1[C@@H](O[C@@H]2[C@H](O[C@@H]3[C@@H](N=[N+]=[N-])[C@@H](OC[C@H]4O[C@H](OCc5ccccc5C(=O)OCc5ccccc5)[C@@H](OC(=O)C(C)(C)C)[C@@H](OCc5ccccc5)[C@@H]4OCc4ccccc4)O[C@@H]4COC(c5ccccc5)O[C@@H]34)O[C@@H]3COC(c4ccccc4)O[C@H]3[C@@H]2OCc2ccccc2)O[C@@H]2COC(c3ccccc3)O[C@H]2[C@@H]1OCc1ccccc1. The van der Waals surface area contributed by atoms with E-state index in [-0.39, 0.29) is 83.7 Å². The molecule has 0 aromatic heterocycles. The predicted molar refractivity (Wildman–Crippen MR) is 449 cm³/mol. The lowest BCUT2D eigenvalue weighted by Crippen LogP contribution is -2.69. The number of nitrogens with zero attached hydrogens (tertiary/aromatic N) is 3. The summed E-state index contributed by atoms with van der Waals surface area (Å²) in [6.45, 7) is 5.42.